The predicted octanol–water partition coefficient (Wildman–Crippen LogP) is 1.78. The Hall–Kier alpha value is -1.23. The lowest BCUT2D eigenvalue weighted by Gasteiger charge is -2.12. The molecule has 5 heteroatoms. The molecule has 1 aromatic rings. The molecule has 4 nitrogen and oxygen atoms in total. The van der Waals surface area contributed by atoms with Crippen LogP contribution in [-0.2, 0) is 0 Å². The van der Waals surface area contributed by atoms with Crippen LogP contribution < -0.4 is 10.9 Å². The van der Waals surface area contributed by atoms with E-state index in [1.807, 2.05) is 11.8 Å². The standard InChI is InChI=1S/C13H18N2O2S/c1-2-18-11-4-3-10(8-11)15-13(17)9-5-6-14-12(16)7-9/h5-7,10-11H,2-4,8H2,1H3,(H,14,16)(H,15,17). The number of hydrogen-bond acceptors (Lipinski definition) is 3. The first-order valence-electron chi connectivity index (χ1n) is 6.30. The Morgan fingerprint density at radius 2 is 2.39 bits per heavy atom. The second-order valence-electron chi connectivity index (χ2n) is 4.50. The molecule has 1 amide bonds. The highest BCUT2D eigenvalue weighted by Gasteiger charge is 2.25. The second-order valence-corrected chi connectivity index (χ2v) is 6.08. The predicted molar refractivity (Wildman–Crippen MR) is 74.1 cm³/mol. The lowest BCUT2D eigenvalue weighted by molar-refractivity contribution is 0.0937. The zero-order valence-corrected chi connectivity index (χ0v) is 11.3. The van der Waals surface area contributed by atoms with Crippen molar-refractivity contribution in [3.8, 4) is 0 Å². The Bertz CT molecular complexity index is 472. The summed E-state index contributed by atoms with van der Waals surface area (Å²) in [5.41, 5.74) is 0.193. The molecule has 1 aliphatic carbocycles. The van der Waals surface area contributed by atoms with E-state index in [1.54, 1.807) is 6.07 Å². The van der Waals surface area contributed by atoms with Gasteiger partial charge in [0.2, 0.25) is 5.56 Å². The van der Waals surface area contributed by atoms with E-state index in [2.05, 4.69) is 17.2 Å². The third-order valence-electron chi connectivity index (χ3n) is 3.16. The Balaban J connectivity index is 1.91. The van der Waals surface area contributed by atoms with Crippen LogP contribution in [-0.4, -0.2) is 27.9 Å². The molecule has 1 aliphatic rings. The van der Waals surface area contributed by atoms with Crippen LogP contribution in [0.1, 0.15) is 36.5 Å². The average Bonchev–Trinajstić information content (AvgIpc) is 2.77. The van der Waals surface area contributed by atoms with Crippen LogP contribution in [0.25, 0.3) is 0 Å². The van der Waals surface area contributed by atoms with Gasteiger partial charge < -0.3 is 10.3 Å². The van der Waals surface area contributed by atoms with Gasteiger partial charge in [-0.05, 0) is 31.1 Å². The summed E-state index contributed by atoms with van der Waals surface area (Å²) >= 11 is 1.96. The number of H-pyrrole nitrogens is 1. The molecule has 0 aromatic carbocycles. The first kappa shape index (κ1) is 13.2. The lowest BCUT2D eigenvalue weighted by Crippen LogP contribution is -2.33. The van der Waals surface area contributed by atoms with Crippen LogP contribution >= 0.6 is 11.8 Å². The van der Waals surface area contributed by atoms with Crippen molar-refractivity contribution in [2.75, 3.05) is 5.75 Å². The van der Waals surface area contributed by atoms with Gasteiger partial charge in [0, 0.05) is 29.1 Å². The molecule has 1 aromatic heterocycles. The Morgan fingerprint density at radius 1 is 1.56 bits per heavy atom. The smallest absolute Gasteiger partial charge is 0.251 e. The highest BCUT2D eigenvalue weighted by Crippen LogP contribution is 2.29. The molecule has 0 spiro atoms. The largest absolute Gasteiger partial charge is 0.349 e. The molecule has 98 valence electrons. The van der Waals surface area contributed by atoms with Gasteiger partial charge in [-0.1, -0.05) is 6.92 Å². The zero-order chi connectivity index (χ0) is 13.0. The van der Waals surface area contributed by atoms with E-state index in [4.69, 9.17) is 0 Å². The number of hydrogen-bond donors (Lipinski definition) is 2. The van der Waals surface area contributed by atoms with Gasteiger partial charge in [0.1, 0.15) is 0 Å². The van der Waals surface area contributed by atoms with E-state index in [0.717, 1.165) is 18.6 Å². The minimum Gasteiger partial charge on any atom is -0.349 e. The van der Waals surface area contributed by atoms with Crippen LogP contribution in [0.5, 0.6) is 0 Å². The quantitative estimate of drug-likeness (QED) is 0.873. The van der Waals surface area contributed by atoms with Gasteiger partial charge in [-0.3, -0.25) is 9.59 Å². The zero-order valence-electron chi connectivity index (χ0n) is 10.4. The van der Waals surface area contributed by atoms with Crippen molar-refractivity contribution < 1.29 is 4.79 Å². The summed E-state index contributed by atoms with van der Waals surface area (Å²) in [6, 6.07) is 3.22. The molecule has 0 radical (unpaired) electrons. The van der Waals surface area contributed by atoms with Gasteiger partial charge in [0.15, 0.2) is 0 Å². The molecule has 1 fully saturated rings. The van der Waals surface area contributed by atoms with Crippen molar-refractivity contribution in [2.45, 2.75) is 37.5 Å². The van der Waals surface area contributed by atoms with E-state index < -0.39 is 0 Å². The summed E-state index contributed by atoms with van der Waals surface area (Å²) in [6.45, 7) is 2.16. The normalized spacial score (nSPS) is 22.9. The molecule has 2 atom stereocenters. The number of aromatic nitrogens is 1. The third kappa shape index (κ3) is 3.38. The maximum Gasteiger partial charge on any atom is 0.251 e. The summed E-state index contributed by atoms with van der Waals surface area (Å²) in [6.07, 6.45) is 4.74. The maximum absolute atomic E-state index is 11.9. The Morgan fingerprint density at radius 3 is 3.11 bits per heavy atom. The van der Waals surface area contributed by atoms with E-state index >= 15 is 0 Å². The van der Waals surface area contributed by atoms with Crippen LogP contribution in [0.3, 0.4) is 0 Å². The summed E-state index contributed by atoms with van der Waals surface area (Å²) in [5.74, 6) is 0.979. The lowest BCUT2D eigenvalue weighted by atomic mass is 10.2. The maximum atomic E-state index is 11.9. The van der Waals surface area contributed by atoms with E-state index in [1.165, 1.54) is 18.7 Å². The van der Waals surface area contributed by atoms with Gasteiger partial charge in [-0.2, -0.15) is 11.8 Å². The van der Waals surface area contributed by atoms with Crippen molar-refractivity contribution in [1.82, 2.24) is 10.3 Å². The number of amides is 1. The summed E-state index contributed by atoms with van der Waals surface area (Å²) in [7, 11) is 0. The van der Waals surface area contributed by atoms with Gasteiger partial charge in [0.25, 0.3) is 5.91 Å². The third-order valence-corrected chi connectivity index (χ3v) is 4.39. The molecular formula is C13H18N2O2S. The topological polar surface area (TPSA) is 62.0 Å². The Kier molecular flexibility index (Phi) is 4.47. The van der Waals surface area contributed by atoms with E-state index in [9.17, 15) is 9.59 Å². The van der Waals surface area contributed by atoms with Crippen LogP contribution in [0.2, 0.25) is 0 Å². The number of carbonyl (C=O) groups is 1. The molecule has 0 saturated heterocycles. The van der Waals surface area contributed by atoms with Crippen molar-refractivity contribution in [2.24, 2.45) is 0 Å². The highest BCUT2D eigenvalue weighted by atomic mass is 32.2. The van der Waals surface area contributed by atoms with Crippen molar-refractivity contribution in [3.05, 3.63) is 34.2 Å². The average molecular weight is 266 g/mol. The highest BCUT2D eigenvalue weighted by molar-refractivity contribution is 7.99. The number of rotatable bonds is 4. The fourth-order valence-corrected chi connectivity index (χ4v) is 3.46. The minimum absolute atomic E-state index is 0.145. The first-order chi connectivity index (χ1) is 8.69. The first-order valence-corrected chi connectivity index (χ1v) is 7.35. The SMILES string of the molecule is CCSC1CCC(NC(=O)c2cc[nH]c(=O)c2)C1. The number of aromatic amines is 1. The van der Waals surface area contributed by atoms with E-state index in [0.29, 0.717) is 10.8 Å². The number of nitrogens with one attached hydrogen (secondary N) is 2. The number of thioether (sulfide) groups is 1. The van der Waals surface area contributed by atoms with Gasteiger partial charge in [-0.25, -0.2) is 0 Å². The molecule has 0 bridgehead atoms. The molecule has 1 heterocycles. The fraction of sp³-hybridized carbons (Fsp3) is 0.538. The van der Waals surface area contributed by atoms with E-state index in [-0.39, 0.29) is 17.5 Å². The minimum atomic E-state index is -0.242. The second kappa shape index (κ2) is 6.09. The molecule has 2 unspecified atom stereocenters. The van der Waals surface area contributed by atoms with Crippen molar-refractivity contribution in [3.63, 3.8) is 0 Å². The molecule has 18 heavy (non-hydrogen) atoms. The molecule has 0 aliphatic heterocycles. The molecular weight excluding hydrogens is 248 g/mol. The Labute approximate surface area is 111 Å². The monoisotopic (exact) mass is 266 g/mol. The van der Waals surface area contributed by atoms with Crippen LogP contribution in [0, 0.1) is 0 Å². The van der Waals surface area contributed by atoms with Crippen molar-refractivity contribution >= 4 is 17.7 Å². The molecule has 1 saturated carbocycles. The molecule has 2 rings (SSSR count). The van der Waals surface area contributed by atoms with Crippen molar-refractivity contribution in [1.29, 1.82) is 0 Å². The van der Waals surface area contributed by atoms with Crippen LogP contribution in [0.15, 0.2) is 23.1 Å². The fourth-order valence-electron chi connectivity index (χ4n) is 2.31. The van der Waals surface area contributed by atoms with Gasteiger partial charge >= 0.3 is 0 Å². The van der Waals surface area contributed by atoms with Gasteiger partial charge in [0.05, 0.1) is 0 Å². The van der Waals surface area contributed by atoms with Gasteiger partial charge in [-0.15, -0.1) is 0 Å². The van der Waals surface area contributed by atoms with Crippen LogP contribution in [0.4, 0.5) is 0 Å². The summed E-state index contributed by atoms with van der Waals surface area (Å²) in [5, 5.41) is 3.67. The summed E-state index contributed by atoms with van der Waals surface area (Å²) < 4.78 is 0. The number of carbonyl (C=O) groups excluding carboxylic acids is 1. The number of pyridine rings is 1. The molecule has 2 N–H and O–H groups in total. The summed E-state index contributed by atoms with van der Waals surface area (Å²) in [4.78, 5) is 25.6.